The normalized spacial score (nSPS) is 22.9. The Kier molecular flexibility index (Phi) is 4.97. The van der Waals surface area contributed by atoms with Crippen molar-refractivity contribution in [3.63, 3.8) is 0 Å². The molecule has 3 aliphatic rings. The van der Waals surface area contributed by atoms with Crippen LogP contribution in [0.2, 0.25) is 0 Å². The van der Waals surface area contributed by atoms with E-state index in [-0.39, 0.29) is 17.8 Å². The molecule has 6 heteroatoms. The van der Waals surface area contributed by atoms with E-state index < -0.39 is 0 Å². The maximum absolute atomic E-state index is 13.1. The van der Waals surface area contributed by atoms with Crippen LogP contribution in [0.5, 0.6) is 0 Å². The molecule has 5 rings (SSSR count). The van der Waals surface area contributed by atoms with E-state index in [1.54, 1.807) is 0 Å². The van der Waals surface area contributed by atoms with E-state index in [0.717, 1.165) is 45.0 Å². The Morgan fingerprint density at radius 1 is 0.931 bits per heavy atom. The molecule has 152 valence electrons. The van der Waals surface area contributed by atoms with Crippen LogP contribution in [0.25, 0.3) is 0 Å². The van der Waals surface area contributed by atoms with Gasteiger partial charge in [-0.25, -0.2) is 4.39 Å². The summed E-state index contributed by atoms with van der Waals surface area (Å²) < 4.78 is 19.0. The summed E-state index contributed by atoms with van der Waals surface area (Å²) >= 11 is 0. The summed E-state index contributed by atoms with van der Waals surface area (Å²) in [6.07, 6.45) is 0.327. The minimum atomic E-state index is -0.346. The Morgan fingerprint density at radius 2 is 1.62 bits per heavy atom. The maximum Gasteiger partial charge on any atom is 0.252 e. The zero-order valence-corrected chi connectivity index (χ0v) is 16.5. The first-order chi connectivity index (χ1) is 14.2. The van der Waals surface area contributed by atoms with Gasteiger partial charge in [0.2, 0.25) is 0 Å². The average Bonchev–Trinajstić information content (AvgIpc) is 2.73. The lowest BCUT2D eigenvalue weighted by molar-refractivity contribution is -0.153. The predicted octanol–water partition coefficient (Wildman–Crippen LogP) is 2.30. The lowest BCUT2D eigenvalue weighted by Crippen LogP contribution is -2.65. The number of carbonyl (C=O) groups is 1. The molecule has 2 aromatic carbocycles. The number of hydrogen-bond donors (Lipinski definition) is 0. The Hall–Kier alpha value is -2.44. The van der Waals surface area contributed by atoms with Crippen LogP contribution in [-0.4, -0.2) is 67.1 Å². The van der Waals surface area contributed by atoms with E-state index in [1.807, 2.05) is 29.2 Å². The summed E-state index contributed by atoms with van der Waals surface area (Å²) in [6, 6.07) is 15.4. The molecule has 0 radical (unpaired) electrons. The average molecular weight is 395 g/mol. The van der Waals surface area contributed by atoms with Gasteiger partial charge in [-0.05, 0) is 35.4 Å². The fourth-order valence-corrected chi connectivity index (χ4v) is 4.57. The maximum atomic E-state index is 13.1. The van der Waals surface area contributed by atoms with Gasteiger partial charge in [-0.15, -0.1) is 0 Å². The highest BCUT2D eigenvalue weighted by Gasteiger charge is 2.39. The van der Waals surface area contributed by atoms with Crippen LogP contribution in [-0.2, 0) is 22.6 Å². The van der Waals surface area contributed by atoms with Gasteiger partial charge in [0, 0.05) is 57.4 Å². The number of benzene rings is 2. The Labute approximate surface area is 170 Å². The van der Waals surface area contributed by atoms with Gasteiger partial charge >= 0.3 is 0 Å². The molecule has 29 heavy (non-hydrogen) atoms. The van der Waals surface area contributed by atoms with Gasteiger partial charge in [-0.2, -0.15) is 0 Å². The van der Waals surface area contributed by atoms with E-state index in [4.69, 9.17) is 4.74 Å². The third-order valence-corrected chi connectivity index (χ3v) is 6.44. The molecule has 0 aromatic heterocycles. The summed E-state index contributed by atoms with van der Waals surface area (Å²) in [7, 11) is 0. The lowest BCUT2D eigenvalue weighted by atomic mass is 9.97. The van der Waals surface area contributed by atoms with Crippen LogP contribution in [0.15, 0.2) is 48.5 Å². The van der Waals surface area contributed by atoms with E-state index in [9.17, 15) is 9.18 Å². The topological polar surface area (TPSA) is 36.0 Å². The number of ether oxygens (including phenoxy) is 1. The van der Waals surface area contributed by atoms with Crippen LogP contribution in [0, 0.1) is 5.82 Å². The summed E-state index contributed by atoms with van der Waals surface area (Å²) in [4.78, 5) is 19.5. The third-order valence-electron chi connectivity index (χ3n) is 6.44. The number of nitrogens with zero attached hydrogens (tertiary/aromatic N) is 3. The molecule has 0 aliphatic carbocycles. The number of fused-ring (bicyclic) bond motifs is 1. The second-order valence-corrected chi connectivity index (χ2v) is 8.17. The summed E-state index contributed by atoms with van der Waals surface area (Å²) in [5, 5.41) is 0. The van der Waals surface area contributed by atoms with Crippen molar-refractivity contribution in [3.8, 4) is 0 Å². The van der Waals surface area contributed by atoms with Crippen LogP contribution in [0.1, 0.15) is 11.1 Å². The second kappa shape index (κ2) is 7.76. The van der Waals surface area contributed by atoms with Crippen LogP contribution >= 0.6 is 0 Å². The number of anilines is 1. The number of rotatable bonds is 3. The van der Waals surface area contributed by atoms with E-state index in [1.165, 1.54) is 23.3 Å². The SMILES string of the molecule is O=C(C1Cc2ccccc2CO1)N1CC(N2CCN(c3ccc(F)cc3)CC2)C1. The molecule has 5 nitrogen and oxygen atoms in total. The zero-order valence-electron chi connectivity index (χ0n) is 16.5. The van der Waals surface area contributed by atoms with Crippen molar-refractivity contribution in [2.24, 2.45) is 0 Å². The molecular weight excluding hydrogens is 369 g/mol. The van der Waals surface area contributed by atoms with Gasteiger partial charge in [0.1, 0.15) is 11.9 Å². The molecule has 1 amide bonds. The molecule has 2 aromatic rings. The molecule has 2 saturated heterocycles. The molecule has 0 N–H and O–H groups in total. The lowest BCUT2D eigenvalue weighted by Gasteiger charge is -2.49. The standard InChI is InChI=1S/C23H26FN3O2/c24-19-5-7-20(8-6-19)25-9-11-26(12-10-25)21-14-27(15-21)23(28)22-13-17-3-1-2-4-18(17)16-29-22/h1-8,21-22H,9-16H2. The van der Waals surface area contributed by atoms with Crippen molar-refractivity contribution in [2.45, 2.75) is 25.2 Å². The summed E-state index contributed by atoms with van der Waals surface area (Å²) in [5.74, 6) is -0.0715. The number of halogens is 1. The van der Waals surface area contributed by atoms with Crippen molar-refractivity contribution < 1.29 is 13.9 Å². The molecule has 0 saturated carbocycles. The minimum Gasteiger partial charge on any atom is -0.369 e. The monoisotopic (exact) mass is 395 g/mol. The summed E-state index contributed by atoms with van der Waals surface area (Å²) in [6.45, 7) is 5.90. The third kappa shape index (κ3) is 3.74. The van der Waals surface area contributed by atoms with Crippen molar-refractivity contribution in [3.05, 3.63) is 65.5 Å². The first-order valence-corrected chi connectivity index (χ1v) is 10.4. The van der Waals surface area contributed by atoms with Crippen molar-refractivity contribution in [2.75, 3.05) is 44.2 Å². The molecular formula is C23H26FN3O2. The highest BCUT2D eigenvalue weighted by molar-refractivity contribution is 5.82. The molecule has 3 aliphatic heterocycles. The molecule has 1 atom stereocenters. The molecule has 2 fully saturated rings. The van der Waals surface area contributed by atoms with Crippen LogP contribution < -0.4 is 4.90 Å². The van der Waals surface area contributed by atoms with E-state index in [0.29, 0.717) is 19.1 Å². The minimum absolute atomic E-state index is 0.126. The smallest absolute Gasteiger partial charge is 0.252 e. The first-order valence-electron chi connectivity index (χ1n) is 10.4. The fraction of sp³-hybridized carbons (Fsp3) is 0.435. The Morgan fingerprint density at radius 3 is 2.34 bits per heavy atom. The number of piperazine rings is 1. The van der Waals surface area contributed by atoms with Crippen molar-refractivity contribution >= 4 is 11.6 Å². The van der Waals surface area contributed by atoms with Crippen molar-refractivity contribution in [1.29, 1.82) is 0 Å². The van der Waals surface area contributed by atoms with Crippen molar-refractivity contribution in [1.82, 2.24) is 9.80 Å². The Bertz CT molecular complexity index is 874. The first kappa shape index (κ1) is 18.6. The second-order valence-electron chi connectivity index (χ2n) is 8.17. The highest BCUT2D eigenvalue weighted by Crippen LogP contribution is 2.25. The molecule has 0 bridgehead atoms. The van der Waals surface area contributed by atoms with Crippen LogP contribution in [0.4, 0.5) is 10.1 Å². The van der Waals surface area contributed by atoms with Gasteiger partial charge in [0.05, 0.1) is 6.61 Å². The Balaban J connectivity index is 1.10. The predicted molar refractivity (Wildman–Crippen MR) is 109 cm³/mol. The van der Waals surface area contributed by atoms with Gasteiger partial charge in [0.15, 0.2) is 0 Å². The number of hydrogen-bond acceptors (Lipinski definition) is 4. The van der Waals surface area contributed by atoms with E-state index in [2.05, 4.69) is 21.9 Å². The molecule has 3 heterocycles. The zero-order chi connectivity index (χ0) is 19.8. The quantitative estimate of drug-likeness (QED) is 0.799. The van der Waals surface area contributed by atoms with Gasteiger partial charge < -0.3 is 14.5 Å². The molecule has 0 spiro atoms. The number of amides is 1. The van der Waals surface area contributed by atoms with E-state index >= 15 is 0 Å². The van der Waals surface area contributed by atoms with Gasteiger partial charge in [0.25, 0.3) is 5.91 Å². The largest absolute Gasteiger partial charge is 0.369 e. The number of carbonyl (C=O) groups excluding carboxylic acids is 1. The van der Waals surface area contributed by atoms with Crippen LogP contribution in [0.3, 0.4) is 0 Å². The fourth-order valence-electron chi connectivity index (χ4n) is 4.57. The van der Waals surface area contributed by atoms with Gasteiger partial charge in [-0.3, -0.25) is 9.69 Å². The molecule has 1 unspecified atom stereocenters. The number of likely N-dealkylation sites (tertiary alicyclic amines) is 1. The van der Waals surface area contributed by atoms with Gasteiger partial charge in [-0.1, -0.05) is 24.3 Å². The summed E-state index contributed by atoms with van der Waals surface area (Å²) in [5.41, 5.74) is 3.49. The highest BCUT2D eigenvalue weighted by atomic mass is 19.1.